The van der Waals surface area contributed by atoms with Gasteiger partial charge in [-0.2, -0.15) is 0 Å². The third-order valence-corrected chi connectivity index (χ3v) is 6.23. The van der Waals surface area contributed by atoms with Gasteiger partial charge in [-0.25, -0.2) is 0 Å². The van der Waals surface area contributed by atoms with Crippen LogP contribution in [0.15, 0.2) is 5.16 Å². The molecule has 23 heavy (non-hydrogen) atoms. The lowest BCUT2D eigenvalue weighted by molar-refractivity contribution is 0.0942. The van der Waals surface area contributed by atoms with E-state index in [1.807, 2.05) is 0 Å². The number of nitrogens with one attached hydrogen (secondary N) is 2. The highest BCUT2D eigenvalue weighted by molar-refractivity contribution is 7.14. The first-order chi connectivity index (χ1) is 11.1. The smallest absolute Gasteiger partial charge is 0.261 e. The zero-order valence-electron chi connectivity index (χ0n) is 13.5. The molecule has 2 unspecified atom stereocenters. The molecule has 0 radical (unpaired) electrons. The van der Waals surface area contributed by atoms with E-state index in [1.54, 1.807) is 11.3 Å². The molecule has 1 aromatic rings. The van der Waals surface area contributed by atoms with E-state index in [4.69, 9.17) is 4.84 Å². The Morgan fingerprint density at radius 1 is 1.52 bits per heavy atom. The van der Waals surface area contributed by atoms with Crippen LogP contribution < -0.4 is 10.6 Å². The minimum absolute atomic E-state index is 0.0746. The second-order valence-electron chi connectivity index (χ2n) is 6.59. The monoisotopic (exact) mass is 334 g/mol. The van der Waals surface area contributed by atoms with Crippen molar-refractivity contribution in [3.05, 3.63) is 20.9 Å². The van der Waals surface area contributed by atoms with Gasteiger partial charge in [-0.15, -0.1) is 11.3 Å². The van der Waals surface area contributed by atoms with Gasteiger partial charge in [-0.05, 0) is 38.1 Å². The summed E-state index contributed by atoms with van der Waals surface area (Å²) in [5.41, 5.74) is 3.39. The first kappa shape index (κ1) is 15.1. The minimum Gasteiger partial charge on any atom is -0.395 e. The van der Waals surface area contributed by atoms with Gasteiger partial charge in [0, 0.05) is 30.4 Å². The molecule has 3 aliphatic rings. The van der Waals surface area contributed by atoms with Crippen LogP contribution >= 0.6 is 11.3 Å². The Bertz CT molecular complexity index is 669. The standard InChI is InChI=1S/C16H22N4O2S/c1-9-13-12(7-17-14(13)11-4-6-22-19-11)23-15(9)16(21)18-10-3-5-20(2)8-10/h10,14,17H,3-8H2,1-2H3,(H,18,21). The summed E-state index contributed by atoms with van der Waals surface area (Å²) in [5, 5.41) is 10.8. The summed E-state index contributed by atoms with van der Waals surface area (Å²) in [6, 6.07) is 0.383. The lowest BCUT2D eigenvalue weighted by atomic mass is 9.99. The lowest BCUT2D eigenvalue weighted by Crippen LogP contribution is -2.36. The van der Waals surface area contributed by atoms with Crippen LogP contribution in [0.25, 0.3) is 0 Å². The number of carbonyl (C=O) groups excluding carboxylic acids is 1. The summed E-state index contributed by atoms with van der Waals surface area (Å²) >= 11 is 1.62. The highest BCUT2D eigenvalue weighted by Gasteiger charge is 2.34. The number of hydrogen-bond acceptors (Lipinski definition) is 6. The van der Waals surface area contributed by atoms with E-state index in [9.17, 15) is 4.79 Å². The van der Waals surface area contributed by atoms with Crippen LogP contribution in [0.5, 0.6) is 0 Å². The van der Waals surface area contributed by atoms with Crippen molar-refractivity contribution in [2.45, 2.75) is 38.4 Å². The van der Waals surface area contributed by atoms with Gasteiger partial charge in [0.2, 0.25) is 0 Å². The Kier molecular flexibility index (Phi) is 3.87. The largest absolute Gasteiger partial charge is 0.395 e. The Morgan fingerprint density at radius 2 is 2.39 bits per heavy atom. The molecule has 0 aliphatic carbocycles. The second-order valence-corrected chi connectivity index (χ2v) is 7.70. The summed E-state index contributed by atoms with van der Waals surface area (Å²) in [6.07, 6.45) is 1.90. The molecule has 124 valence electrons. The molecule has 1 fully saturated rings. The van der Waals surface area contributed by atoms with E-state index in [1.165, 1.54) is 10.4 Å². The number of fused-ring (bicyclic) bond motifs is 1. The van der Waals surface area contributed by atoms with Gasteiger partial charge in [-0.1, -0.05) is 5.16 Å². The molecule has 6 nitrogen and oxygen atoms in total. The molecule has 4 rings (SSSR count). The molecule has 7 heteroatoms. The topological polar surface area (TPSA) is 66.0 Å². The average molecular weight is 334 g/mol. The summed E-state index contributed by atoms with van der Waals surface area (Å²) in [7, 11) is 2.09. The number of rotatable bonds is 3. The SMILES string of the molecule is Cc1c(C(=O)NC2CCN(C)C2)sc2c1C(C1=NOCC1)NC2. The van der Waals surface area contributed by atoms with Gasteiger partial charge in [0.25, 0.3) is 5.91 Å². The van der Waals surface area contributed by atoms with Gasteiger partial charge in [0.1, 0.15) is 6.61 Å². The highest BCUT2D eigenvalue weighted by atomic mass is 32.1. The van der Waals surface area contributed by atoms with Gasteiger partial charge in [0.05, 0.1) is 16.6 Å². The molecular formula is C16H22N4O2S. The summed E-state index contributed by atoms with van der Waals surface area (Å²) < 4.78 is 0. The number of hydrogen-bond donors (Lipinski definition) is 2. The predicted octanol–water partition coefficient (Wildman–Crippen LogP) is 1.41. The number of oxime groups is 1. The molecule has 0 bridgehead atoms. The first-order valence-electron chi connectivity index (χ1n) is 8.17. The summed E-state index contributed by atoms with van der Waals surface area (Å²) in [4.78, 5) is 22.2. The van der Waals surface area contributed by atoms with Crippen LogP contribution in [-0.2, 0) is 11.4 Å². The second kappa shape index (κ2) is 5.89. The fraction of sp³-hybridized carbons (Fsp3) is 0.625. The maximum absolute atomic E-state index is 12.7. The molecule has 0 saturated carbocycles. The Morgan fingerprint density at radius 3 is 3.09 bits per heavy atom. The maximum Gasteiger partial charge on any atom is 0.261 e. The van der Waals surface area contributed by atoms with Crippen molar-refractivity contribution in [1.29, 1.82) is 0 Å². The van der Waals surface area contributed by atoms with Crippen molar-refractivity contribution in [3.63, 3.8) is 0 Å². The van der Waals surface area contributed by atoms with Crippen LogP contribution in [0.4, 0.5) is 0 Å². The molecule has 0 spiro atoms. The van der Waals surface area contributed by atoms with Crippen molar-refractivity contribution in [2.24, 2.45) is 5.16 Å². The number of nitrogens with zero attached hydrogens (tertiary/aromatic N) is 2. The molecule has 4 heterocycles. The molecule has 0 aromatic carbocycles. The molecule has 1 saturated heterocycles. The summed E-state index contributed by atoms with van der Waals surface area (Å²) in [6.45, 7) is 5.52. The van der Waals surface area contributed by atoms with Gasteiger partial charge >= 0.3 is 0 Å². The summed E-state index contributed by atoms with van der Waals surface area (Å²) in [5.74, 6) is 0.0746. The number of amides is 1. The zero-order chi connectivity index (χ0) is 16.0. The van der Waals surface area contributed by atoms with E-state index in [0.29, 0.717) is 6.61 Å². The van der Waals surface area contributed by atoms with Crippen LogP contribution in [0.3, 0.4) is 0 Å². The average Bonchev–Trinajstić information content (AvgIpc) is 3.26. The fourth-order valence-corrected chi connectivity index (χ4v) is 4.92. The normalized spacial score (nSPS) is 27.0. The van der Waals surface area contributed by atoms with Crippen LogP contribution in [-0.4, -0.2) is 49.3 Å². The Labute approximate surface area is 139 Å². The first-order valence-corrected chi connectivity index (χ1v) is 8.99. The number of likely N-dealkylation sites (N-methyl/N-ethyl adjacent to an activating group) is 1. The minimum atomic E-state index is 0.0746. The van der Waals surface area contributed by atoms with Crippen LogP contribution in [0, 0.1) is 6.92 Å². The van der Waals surface area contributed by atoms with E-state index >= 15 is 0 Å². The molecule has 2 atom stereocenters. The molecule has 1 amide bonds. The Hall–Kier alpha value is -1.44. The molecule has 1 aromatic heterocycles. The van der Waals surface area contributed by atoms with Crippen LogP contribution in [0.2, 0.25) is 0 Å². The van der Waals surface area contributed by atoms with Gasteiger partial charge in [-0.3, -0.25) is 4.79 Å². The molecule has 3 aliphatic heterocycles. The van der Waals surface area contributed by atoms with Gasteiger partial charge < -0.3 is 20.4 Å². The fourth-order valence-electron chi connectivity index (χ4n) is 3.72. The highest BCUT2D eigenvalue weighted by Crippen LogP contribution is 2.39. The zero-order valence-corrected chi connectivity index (χ0v) is 14.3. The predicted molar refractivity (Wildman–Crippen MR) is 90.0 cm³/mol. The van der Waals surface area contributed by atoms with Crippen LogP contribution in [0.1, 0.15) is 44.6 Å². The van der Waals surface area contributed by atoms with Crippen molar-refractivity contribution in [1.82, 2.24) is 15.5 Å². The van der Waals surface area contributed by atoms with E-state index in [0.717, 1.165) is 48.6 Å². The molecule has 2 N–H and O–H groups in total. The maximum atomic E-state index is 12.7. The van der Waals surface area contributed by atoms with Crippen molar-refractivity contribution in [2.75, 3.05) is 26.7 Å². The van der Waals surface area contributed by atoms with Crippen molar-refractivity contribution >= 4 is 23.0 Å². The Balaban J connectivity index is 1.55. The van der Waals surface area contributed by atoms with Crippen molar-refractivity contribution < 1.29 is 9.63 Å². The van der Waals surface area contributed by atoms with Crippen molar-refractivity contribution in [3.8, 4) is 0 Å². The van der Waals surface area contributed by atoms with E-state index in [2.05, 4.69) is 34.7 Å². The number of thiophene rings is 1. The van der Waals surface area contributed by atoms with Gasteiger partial charge in [0.15, 0.2) is 0 Å². The third-order valence-electron chi connectivity index (χ3n) is 4.92. The number of carbonyl (C=O) groups is 1. The third kappa shape index (κ3) is 2.66. The van der Waals surface area contributed by atoms with E-state index < -0.39 is 0 Å². The molecular weight excluding hydrogens is 312 g/mol. The quantitative estimate of drug-likeness (QED) is 0.877. The number of likely N-dealkylation sites (tertiary alicyclic amines) is 1. The van der Waals surface area contributed by atoms with E-state index in [-0.39, 0.29) is 18.0 Å². The lowest BCUT2D eigenvalue weighted by Gasteiger charge is -2.14.